The number of rotatable bonds is 5. The standard InChI is InChI=1S/C14H14F2N2O/c1-2-3-7-18-14(19)10(9-17)8-11-12(15)5-4-6-13(11)16/h4-6,8H,2-3,7H2,1H3,(H,18,19)/b10-8+. The summed E-state index contributed by atoms with van der Waals surface area (Å²) in [6.45, 7) is 2.38. The maximum absolute atomic E-state index is 13.4. The van der Waals surface area contributed by atoms with E-state index in [1.807, 2.05) is 6.92 Å². The van der Waals surface area contributed by atoms with Gasteiger partial charge in [0.15, 0.2) is 0 Å². The number of amides is 1. The van der Waals surface area contributed by atoms with Crippen LogP contribution in [-0.2, 0) is 4.79 Å². The van der Waals surface area contributed by atoms with Gasteiger partial charge in [0.05, 0.1) is 0 Å². The highest BCUT2D eigenvalue weighted by Gasteiger charge is 2.12. The molecule has 1 aromatic rings. The summed E-state index contributed by atoms with van der Waals surface area (Å²) in [6.07, 6.45) is 2.60. The third kappa shape index (κ3) is 4.18. The Balaban J connectivity index is 2.94. The molecular formula is C14H14F2N2O. The fourth-order valence-electron chi connectivity index (χ4n) is 1.42. The Bertz CT molecular complexity index is 512. The van der Waals surface area contributed by atoms with Crippen LogP contribution in [0, 0.1) is 23.0 Å². The number of halogens is 2. The van der Waals surface area contributed by atoms with Crippen LogP contribution in [0.2, 0.25) is 0 Å². The fraction of sp³-hybridized carbons (Fsp3) is 0.286. The van der Waals surface area contributed by atoms with E-state index in [4.69, 9.17) is 5.26 Å². The van der Waals surface area contributed by atoms with Gasteiger partial charge in [0, 0.05) is 12.1 Å². The minimum Gasteiger partial charge on any atom is -0.351 e. The molecule has 1 N–H and O–H groups in total. The van der Waals surface area contributed by atoms with Gasteiger partial charge in [-0.3, -0.25) is 4.79 Å². The van der Waals surface area contributed by atoms with Crippen LogP contribution in [0.4, 0.5) is 8.78 Å². The van der Waals surface area contributed by atoms with E-state index in [-0.39, 0.29) is 11.1 Å². The van der Waals surface area contributed by atoms with Crippen molar-refractivity contribution in [2.75, 3.05) is 6.54 Å². The van der Waals surface area contributed by atoms with E-state index in [0.717, 1.165) is 31.1 Å². The van der Waals surface area contributed by atoms with Gasteiger partial charge >= 0.3 is 0 Å². The molecule has 3 nitrogen and oxygen atoms in total. The molecular weight excluding hydrogens is 250 g/mol. The van der Waals surface area contributed by atoms with Gasteiger partial charge in [-0.15, -0.1) is 0 Å². The normalized spacial score (nSPS) is 10.9. The van der Waals surface area contributed by atoms with E-state index >= 15 is 0 Å². The van der Waals surface area contributed by atoms with Crippen molar-refractivity contribution in [1.82, 2.24) is 5.32 Å². The van der Waals surface area contributed by atoms with Crippen molar-refractivity contribution in [3.8, 4) is 6.07 Å². The van der Waals surface area contributed by atoms with E-state index in [2.05, 4.69) is 5.32 Å². The summed E-state index contributed by atoms with van der Waals surface area (Å²) in [5.74, 6) is -2.25. The number of hydrogen-bond donors (Lipinski definition) is 1. The number of carbonyl (C=O) groups is 1. The molecule has 0 aromatic heterocycles. The Labute approximate surface area is 110 Å². The molecule has 1 aromatic carbocycles. The Morgan fingerprint density at radius 1 is 1.42 bits per heavy atom. The van der Waals surface area contributed by atoms with Crippen LogP contribution < -0.4 is 5.32 Å². The van der Waals surface area contributed by atoms with Crippen molar-refractivity contribution in [2.24, 2.45) is 0 Å². The highest BCUT2D eigenvalue weighted by molar-refractivity contribution is 6.01. The maximum atomic E-state index is 13.4. The lowest BCUT2D eigenvalue weighted by molar-refractivity contribution is -0.117. The van der Waals surface area contributed by atoms with Crippen LogP contribution in [0.25, 0.3) is 6.08 Å². The Morgan fingerprint density at radius 3 is 2.58 bits per heavy atom. The van der Waals surface area contributed by atoms with Crippen LogP contribution in [0.5, 0.6) is 0 Å². The van der Waals surface area contributed by atoms with E-state index < -0.39 is 17.5 Å². The summed E-state index contributed by atoms with van der Waals surface area (Å²) in [6, 6.07) is 5.00. The first kappa shape index (κ1) is 14.8. The predicted molar refractivity (Wildman–Crippen MR) is 67.9 cm³/mol. The molecule has 0 radical (unpaired) electrons. The Morgan fingerprint density at radius 2 is 2.05 bits per heavy atom. The fourth-order valence-corrected chi connectivity index (χ4v) is 1.42. The molecule has 0 aliphatic rings. The smallest absolute Gasteiger partial charge is 0.261 e. The zero-order chi connectivity index (χ0) is 14.3. The van der Waals surface area contributed by atoms with Crippen LogP contribution in [0.15, 0.2) is 23.8 Å². The number of nitriles is 1. The quantitative estimate of drug-likeness (QED) is 0.505. The van der Waals surface area contributed by atoms with Crippen LogP contribution in [0.3, 0.4) is 0 Å². The minimum atomic E-state index is -0.811. The number of benzene rings is 1. The zero-order valence-corrected chi connectivity index (χ0v) is 10.5. The molecule has 19 heavy (non-hydrogen) atoms. The van der Waals surface area contributed by atoms with E-state index in [1.165, 1.54) is 6.07 Å². The Hall–Kier alpha value is -2.22. The summed E-state index contributed by atoms with van der Waals surface area (Å²) >= 11 is 0. The molecule has 0 aliphatic carbocycles. The van der Waals surface area contributed by atoms with Gasteiger partial charge in [0.1, 0.15) is 23.3 Å². The third-order valence-electron chi connectivity index (χ3n) is 2.47. The second kappa shape index (κ2) is 7.27. The molecule has 0 saturated carbocycles. The first-order chi connectivity index (χ1) is 9.10. The lowest BCUT2D eigenvalue weighted by Gasteiger charge is -2.03. The number of hydrogen-bond acceptors (Lipinski definition) is 2. The van der Waals surface area contributed by atoms with E-state index in [9.17, 15) is 13.6 Å². The third-order valence-corrected chi connectivity index (χ3v) is 2.47. The molecule has 0 atom stereocenters. The van der Waals surface area contributed by atoms with Gasteiger partial charge in [-0.05, 0) is 24.6 Å². The van der Waals surface area contributed by atoms with Crippen LogP contribution in [0.1, 0.15) is 25.3 Å². The lowest BCUT2D eigenvalue weighted by Crippen LogP contribution is -2.25. The van der Waals surface area contributed by atoms with Gasteiger partial charge in [-0.2, -0.15) is 5.26 Å². The van der Waals surface area contributed by atoms with Crippen LogP contribution in [-0.4, -0.2) is 12.5 Å². The summed E-state index contributed by atoms with van der Waals surface area (Å²) in [5.41, 5.74) is -0.704. The highest BCUT2D eigenvalue weighted by Crippen LogP contribution is 2.15. The summed E-state index contributed by atoms with van der Waals surface area (Å²) in [4.78, 5) is 11.6. The number of unbranched alkanes of at least 4 members (excludes halogenated alkanes) is 1. The van der Waals surface area contributed by atoms with Gasteiger partial charge in [-0.1, -0.05) is 19.4 Å². The van der Waals surface area contributed by atoms with Crippen molar-refractivity contribution >= 4 is 12.0 Å². The first-order valence-corrected chi connectivity index (χ1v) is 5.94. The minimum absolute atomic E-state index is 0.319. The van der Waals surface area contributed by atoms with Crippen molar-refractivity contribution in [1.29, 1.82) is 5.26 Å². The van der Waals surface area contributed by atoms with Gasteiger partial charge in [0.25, 0.3) is 5.91 Å². The number of nitrogens with one attached hydrogen (secondary N) is 1. The molecule has 0 aliphatic heterocycles. The molecule has 0 fully saturated rings. The summed E-state index contributed by atoms with van der Waals surface area (Å²) < 4.78 is 26.8. The molecule has 5 heteroatoms. The molecule has 1 rings (SSSR count). The van der Waals surface area contributed by atoms with E-state index in [0.29, 0.717) is 6.54 Å². The number of nitrogens with zero attached hydrogens (tertiary/aromatic N) is 1. The molecule has 1 amide bonds. The first-order valence-electron chi connectivity index (χ1n) is 5.94. The monoisotopic (exact) mass is 264 g/mol. The second-order valence-corrected chi connectivity index (χ2v) is 3.91. The average Bonchev–Trinajstić information content (AvgIpc) is 2.38. The lowest BCUT2D eigenvalue weighted by atomic mass is 10.1. The molecule has 0 bridgehead atoms. The van der Waals surface area contributed by atoms with Crippen molar-refractivity contribution in [2.45, 2.75) is 19.8 Å². The summed E-state index contributed by atoms with van der Waals surface area (Å²) in [5, 5.41) is 11.4. The van der Waals surface area contributed by atoms with E-state index in [1.54, 1.807) is 6.07 Å². The second-order valence-electron chi connectivity index (χ2n) is 3.91. The molecule has 0 unspecified atom stereocenters. The topological polar surface area (TPSA) is 52.9 Å². The molecule has 0 heterocycles. The molecule has 0 spiro atoms. The van der Waals surface area contributed by atoms with Crippen molar-refractivity contribution in [3.63, 3.8) is 0 Å². The van der Waals surface area contributed by atoms with Crippen molar-refractivity contribution < 1.29 is 13.6 Å². The van der Waals surface area contributed by atoms with Gasteiger partial charge in [-0.25, -0.2) is 8.78 Å². The zero-order valence-electron chi connectivity index (χ0n) is 10.5. The predicted octanol–water partition coefficient (Wildman–Crippen LogP) is 2.79. The Kier molecular flexibility index (Phi) is 5.68. The van der Waals surface area contributed by atoms with Gasteiger partial charge in [0.2, 0.25) is 0 Å². The average molecular weight is 264 g/mol. The number of carbonyl (C=O) groups excluding carboxylic acids is 1. The maximum Gasteiger partial charge on any atom is 0.261 e. The molecule has 0 saturated heterocycles. The van der Waals surface area contributed by atoms with Gasteiger partial charge < -0.3 is 5.32 Å². The van der Waals surface area contributed by atoms with Crippen LogP contribution >= 0.6 is 0 Å². The highest BCUT2D eigenvalue weighted by atomic mass is 19.1. The molecule has 100 valence electrons. The summed E-state index contributed by atoms with van der Waals surface area (Å²) in [7, 11) is 0. The SMILES string of the molecule is CCCCNC(=O)/C(C#N)=C/c1c(F)cccc1F. The van der Waals surface area contributed by atoms with Crippen molar-refractivity contribution in [3.05, 3.63) is 41.0 Å². The largest absolute Gasteiger partial charge is 0.351 e.